The van der Waals surface area contributed by atoms with Gasteiger partial charge in [0.2, 0.25) is 11.2 Å². The molecular formula is C14H14Cl2N4. The van der Waals surface area contributed by atoms with Gasteiger partial charge in [-0.25, -0.2) is 0 Å². The molecule has 0 aliphatic carbocycles. The Hall–Kier alpha value is -1.39. The van der Waals surface area contributed by atoms with Gasteiger partial charge in [-0.2, -0.15) is 15.0 Å². The van der Waals surface area contributed by atoms with E-state index in [0.29, 0.717) is 16.8 Å². The summed E-state index contributed by atoms with van der Waals surface area (Å²) in [6.45, 7) is 1.95. The zero-order valence-electron chi connectivity index (χ0n) is 10.9. The van der Waals surface area contributed by atoms with Crippen molar-refractivity contribution in [3.8, 4) is 11.4 Å². The van der Waals surface area contributed by atoms with E-state index in [-0.39, 0.29) is 5.28 Å². The first-order chi connectivity index (χ1) is 9.72. The van der Waals surface area contributed by atoms with Gasteiger partial charge in [-0.3, -0.25) is 0 Å². The Balaban J connectivity index is 1.95. The Morgan fingerprint density at radius 2 is 1.55 bits per heavy atom. The third-order valence-corrected chi connectivity index (χ3v) is 3.76. The van der Waals surface area contributed by atoms with Gasteiger partial charge < -0.3 is 4.90 Å². The van der Waals surface area contributed by atoms with E-state index in [2.05, 4.69) is 19.9 Å². The molecule has 0 unspecified atom stereocenters. The van der Waals surface area contributed by atoms with Crippen LogP contribution in [0.3, 0.4) is 0 Å². The molecule has 20 heavy (non-hydrogen) atoms. The van der Waals surface area contributed by atoms with Crippen molar-refractivity contribution < 1.29 is 0 Å². The fraction of sp³-hybridized carbons (Fsp3) is 0.357. The Morgan fingerprint density at radius 3 is 2.25 bits per heavy atom. The second kappa shape index (κ2) is 5.94. The van der Waals surface area contributed by atoms with Crippen molar-refractivity contribution >= 4 is 29.2 Å². The van der Waals surface area contributed by atoms with Crippen LogP contribution in [0.1, 0.15) is 19.3 Å². The Morgan fingerprint density at radius 1 is 0.850 bits per heavy atom. The van der Waals surface area contributed by atoms with Crippen LogP contribution < -0.4 is 4.90 Å². The first kappa shape index (κ1) is 13.6. The fourth-order valence-electron chi connectivity index (χ4n) is 2.30. The Bertz CT molecular complexity index is 595. The van der Waals surface area contributed by atoms with Crippen LogP contribution in [0.5, 0.6) is 0 Å². The summed E-state index contributed by atoms with van der Waals surface area (Å²) in [5.41, 5.74) is 0.886. The van der Waals surface area contributed by atoms with E-state index in [4.69, 9.17) is 23.2 Å². The summed E-state index contributed by atoms with van der Waals surface area (Å²) in [7, 11) is 0. The number of benzene rings is 1. The van der Waals surface area contributed by atoms with Crippen molar-refractivity contribution in [2.45, 2.75) is 19.3 Å². The summed E-state index contributed by atoms with van der Waals surface area (Å²) in [5.74, 6) is 1.25. The van der Waals surface area contributed by atoms with Gasteiger partial charge in [0.1, 0.15) is 0 Å². The van der Waals surface area contributed by atoms with Crippen LogP contribution in [-0.4, -0.2) is 28.0 Å². The molecule has 0 spiro atoms. The van der Waals surface area contributed by atoms with E-state index in [0.717, 1.165) is 18.7 Å². The van der Waals surface area contributed by atoms with E-state index in [1.54, 1.807) is 0 Å². The second-order valence-corrected chi connectivity index (χ2v) is 5.56. The molecule has 1 aliphatic heterocycles. The highest BCUT2D eigenvalue weighted by Crippen LogP contribution is 2.23. The molecule has 6 heteroatoms. The van der Waals surface area contributed by atoms with Crippen molar-refractivity contribution in [1.82, 2.24) is 15.0 Å². The van der Waals surface area contributed by atoms with Crippen LogP contribution in [-0.2, 0) is 0 Å². The van der Waals surface area contributed by atoms with Gasteiger partial charge in [-0.05, 0) is 55.1 Å². The molecule has 104 valence electrons. The number of halogens is 2. The highest BCUT2D eigenvalue weighted by molar-refractivity contribution is 6.30. The van der Waals surface area contributed by atoms with Gasteiger partial charge in [0.05, 0.1) is 0 Å². The number of hydrogen-bond donors (Lipinski definition) is 0. The second-order valence-electron chi connectivity index (χ2n) is 4.78. The van der Waals surface area contributed by atoms with Crippen molar-refractivity contribution in [2.24, 2.45) is 0 Å². The maximum atomic E-state index is 6.04. The van der Waals surface area contributed by atoms with Crippen molar-refractivity contribution in [3.63, 3.8) is 0 Å². The third-order valence-electron chi connectivity index (χ3n) is 3.34. The summed E-state index contributed by atoms with van der Waals surface area (Å²) in [6, 6.07) is 7.40. The minimum Gasteiger partial charge on any atom is -0.341 e. The van der Waals surface area contributed by atoms with E-state index in [9.17, 15) is 0 Å². The minimum atomic E-state index is 0.227. The van der Waals surface area contributed by atoms with Crippen LogP contribution in [0.25, 0.3) is 11.4 Å². The van der Waals surface area contributed by atoms with Gasteiger partial charge >= 0.3 is 0 Å². The number of anilines is 1. The molecule has 0 bridgehead atoms. The SMILES string of the molecule is Clc1ccc(-c2nc(Cl)nc(N3CCCCC3)n2)cc1. The summed E-state index contributed by atoms with van der Waals surface area (Å²) in [5, 5.41) is 0.913. The van der Waals surface area contributed by atoms with E-state index in [1.165, 1.54) is 19.3 Å². The predicted octanol–water partition coefficient (Wildman–Crippen LogP) is 3.84. The lowest BCUT2D eigenvalue weighted by Gasteiger charge is -2.26. The molecular weight excluding hydrogens is 295 g/mol. The average Bonchev–Trinajstić information content (AvgIpc) is 2.48. The molecule has 1 saturated heterocycles. The minimum absolute atomic E-state index is 0.227. The third kappa shape index (κ3) is 3.02. The lowest BCUT2D eigenvalue weighted by molar-refractivity contribution is 0.567. The summed E-state index contributed by atoms with van der Waals surface area (Å²) in [4.78, 5) is 15.1. The lowest BCUT2D eigenvalue weighted by atomic mass is 10.1. The summed E-state index contributed by atoms with van der Waals surface area (Å²) >= 11 is 11.9. The molecule has 3 rings (SSSR count). The molecule has 2 heterocycles. The highest BCUT2D eigenvalue weighted by atomic mass is 35.5. The van der Waals surface area contributed by atoms with Crippen molar-refractivity contribution in [2.75, 3.05) is 18.0 Å². The molecule has 0 saturated carbocycles. The molecule has 0 amide bonds. The lowest BCUT2D eigenvalue weighted by Crippen LogP contribution is -2.31. The number of rotatable bonds is 2. The van der Waals surface area contributed by atoms with Crippen molar-refractivity contribution in [1.29, 1.82) is 0 Å². The topological polar surface area (TPSA) is 41.9 Å². The maximum absolute atomic E-state index is 6.04. The quantitative estimate of drug-likeness (QED) is 0.845. The van der Waals surface area contributed by atoms with Crippen molar-refractivity contribution in [3.05, 3.63) is 34.6 Å². The van der Waals surface area contributed by atoms with E-state index < -0.39 is 0 Å². The standard InChI is InChI=1S/C14H14Cl2N4/c15-11-6-4-10(5-7-11)12-17-13(16)19-14(18-12)20-8-2-1-3-9-20/h4-7H,1-3,8-9H2. The van der Waals surface area contributed by atoms with Crippen LogP contribution in [0.4, 0.5) is 5.95 Å². The zero-order valence-corrected chi connectivity index (χ0v) is 12.4. The maximum Gasteiger partial charge on any atom is 0.230 e. The summed E-state index contributed by atoms with van der Waals surface area (Å²) < 4.78 is 0. The molecule has 1 aromatic heterocycles. The normalized spacial score (nSPS) is 15.4. The smallest absolute Gasteiger partial charge is 0.230 e. The van der Waals surface area contributed by atoms with Crippen LogP contribution in [0, 0.1) is 0 Å². The number of hydrogen-bond acceptors (Lipinski definition) is 4. The molecule has 0 radical (unpaired) electrons. The monoisotopic (exact) mass is 308 g/mol. The molecule has 0 N–H and O–H groups in total. The van der Waals surface area contributed by atoms with Crippen LogP contribution in [0.15, 0.2) is 24.3 Å². The van der Waals surface area contributed by atoms with Crippen LogP contribution in [0.2, 0.25) is 10.3 Å². The molecule has 2 aromatic rings. The van der Waals surface area contributed by atoms with Gasteiger partial charge in [-0.1, -0.05) is 11.6 Å². The summed E-state index contributed by atoms with van der Waals surface area (Å²) in [6.07, 6.45) is 3.60. The predicted molar refractivity (Wildman–Crippen MR) is 81.3 cm³/mol. The highest BCUT2D eigenvalue weighted by Gasteiger charge is 2.16. The Labute approximate surface area is 127 Å². The number of piperidine rings is 1. The van der Waals surface area contributed by atoms with Gasteiger partial charge in [0, 0.05) is 23.7 Å². The molecule has 1 fully saturated rings. The van der Waals surface area contributed by atoms with Crippen LogP contribution >= 0.6 is 23.2 Å². The largest absolute Gasteiger partial charge is 0.341 e. The van der Waals surface area contributed by atoms with E-state index >= 15 is 0 Å². The number of nitrogens with zero attached hydrogens (tertiary/aromatic N) is 4. The zero-order chi connectivity index (χ0) is 13.9. The first-order valence-corrected chi connectivity index (χ1v) is 7.40. The molecule has 1 aromatic carbocycles. The fourth-order valence-corrected chi connectivity index (χ4v) is 2.58. The van der Waals surface area contributed by atoms with Gasteiger partial charge in [0.15, 0.2) is 5.82 Å². The molecule has 1 aliphatic rings. The van der Waals surface area contributed by atoms with E-state index in [1.807, 2.05) is 24.3 Å². The molecule has 4 nitrogen and oxygen atoms in total. The first-order valence-electron chi connectivity index (χ1n) is 6.65. The Kier molecular flexibility index (Phi) is 4.03. The van der Waals surface area contributed by atoms with Gasteiger partial charge in [-0.15, -0.1) is 0 Å². The number of aromatic nitrogens is 3. The average molecular weight is 309 g/mol. The molecule has 0 atom stereocenters. The van der Waals surface area contributed by atoms with Gasteiger partial charge in [0.25, 0.3) is 0 Å².